The maximum absolute atomic E-state index is 12.1. The molecule has 0 heterocycles. The molecule has 2 aromatic rings. The standard InChI is InChI=1S/C19H22N2O/c1-3-4-6-11-19(22)18-13-12-17(14-15(18)2)21-20-16-9-7-5-8-10-16/h5-14,20-21H,3-4H2,1-2H3. The van der Waals surface area contributed by atoms with Gasteiger partial charge in [0.2, 0.25) is 0 Å². The molecule has 22 heavy (non-hydrogen) atoms. The van der Waals surface area contributed by atoms with E-state index in [9.17, 15) is 4.79 Å². The van der Waals surface area contributed by atoms with Gasteiger partial charge in [-0.1, -0.05) is 37.6 Å². The summed E-state index contributed by atoms with van der Waals surface area (Å²) >= 11 is 0. The largest absolute Gasteiger partial charge is 0.301 e. The molecule has 0 unspecified atom stereocenters. The predicted molar refractivity (Wildman–Crippen MR) is 93.2 cm³/mol. The third-order valence-corrected chi connectivity index (χ3v) is 3.34. The second-order valence-electron chi connectivity index (χ2n) is 5.20. The summed E-state index contributed by atoms with van der Waals surface area (Å²) in [6.45, 7) is 4.05. The van der Waals surface area contributed by atoms with Crippen LogP contribution in [0.15, 0.2) is 60.7 Å². The van der Waals surface area contributed by atoms with Gasteiger partial charge in [-0.25, -0.2) is 0 Å². The van der Waals surface area contributed by atoms with Gasteiger partial charge in [0.05, 0.1) is 11.4 Å². The van der Waals surface area contributed by atoms with Crippen molar-refractivity contribution in [3.8, 4) is 0 Å². The van der Waals surface area contributed by atoms with Crippen molar-refractivity contribution in [1.29, 1.82) is 0 Å². The summed E-state index contributed by atoms with van der Waals surface area (Å²) in [4.78, 5) is 12.1. The van der Waals surface area contributed by atoms with Gasteiger partial charge >= 0.3 is 0 Å². The van der Waals surface area contributed by atoms with Crippen LogP contribution < -0.4 is 10.9 Å². The van der Waals surface area contributed by atoms with Gasteiger partial charge in [0, 0.05) is 5.56 Å². The van der Waals surface area contributed by atoms with Crippen LogP contribution in [0.2, 0.25) is 0 Å². The maximum atomic E-state index is 12.1. The fraction of sp³-hybridized carbons (Fsp3) is 0.211. The molecule has 2 N–H and O–H groups in total. The van der Waals surface area contributed by atoms with Gasteiger partial charge in [0.1, 0.15) is 0 Å². The number of nitrogens with one attached hydrogen (secondary N) is 2. The van der Waals surface area contributed by atoms with Crippen LogP contribution in [0.5, 0.6) is 0 Å². The Morgan fingerprint density at radius 1 is 1.05 bits per heavy atom. The SMILES string of the molecule is CCCC=CC(=O)c1ccc(NNc2ccccc2)cc1C. The summed E-state index contributed by atoms with van der Waals surface area (Å²) in [7, 11) is 0. The van der Waals surface area contributed by atoms with Crippen molar-refractivity contribution in [1.82, 2.24) is 0 Å². The van der Waals surface area contributed by atoms with E-state index < -0.39 is 0 Å². The zero-order chi connectivity index (χ0) is 15.8. The molecule has 2 aromatic carbocycles. The highest BCUT2D eigenvalue weighted by Gasteiger charge is 2.06. The lowest BCUT2D eigenvalue weighted by atomic mass is 10.0. The monoisotopic (exact) mass is 294 g/mol. The van der Waals surface area contributed by atoms with E-state index in [0.717, 1.165) is 35.3 Å². The van der Waals surface area contributed by atoms with Gasteiger partial charge in [-0.3, -0.25) is 4.79 Å². The number of para-hydroxylation sites is 1. The Balaban J connectivity index is 2.01. The highest BCUT2D eigenvalue weighted by Crippen LogP contribution is 2.17. The number of aryl methyl sites for hydroxylation is 1. The van der Waals surface area contributed by atoms with Gasteiger partial charge in [0.15, 0.2) is 5.78 Å². The van der Waals surface area contributed by atoms with Crippen molar-refractivity contribution in [3.05, 3.63) is 71.8 Å². The van der Waals surface area contributed by atoms with Crippen LogP contribution in [0.4, 0.5) is 11.4 Å². The lowest BCUT2D eigenvalue weighted by Crippen LogP contribution is -2.09. The van der Waals surface area contributed by atoms with E-state index in [-0.39, 0.29) is 5.78 Å². The number of hydrogen-bond donors (Lipinski definition) is 2. The molecule has 0 aliphatic carbocycles. The normalized spacial score (nSPS) is 10.6. The van der Waals surface area contributed by atoms with E-state index in [4.69, 9.17) is 0 Å². The highest BCUT2D eigenvalue weighted by molar-refractivity contribution is 6.05. The summed E-state index contributed by atoms with van der Waals surface area (Å²) in [6, 6.07) is 15.6. The molecule has 3 nitrogen and oxygen atoms in total. The second-order valence-corrected chi connectivity index (χ2v) is 5.20. The molecular weight excluding hydrogens is 272 g/mol. The van der Waals surface area contributed by atoms with Crippen molar-refractivity contribution < 1.29 is 4.79 Å². The summed E-state index contributed by atoms with van der Waals surface area (Å²) in [5.74, 6) is 0.0634. The molecule has 0 radical (unpaired) electrons. The van der Waals surface area contributed by atoms with E-state index in [2.05, 4.69) is 17.8 Å². The zero-order valence-corrected chi connectivity index (χ0v) is 13.1. The van der Waals surface area contributed by atoms with Gasteiger partial charge < -0.3 is 10.9 Å². The van der Waals surface area contributed by atoms with Crippen molar-refractivity contribution >= 4 is 17.2 Å². The third kappa shape index (κ3) is 4.48. The van der Waals surface area contributed by atoms with E-state index >= 15 is 0 Å². The summed E-state index contributed by atoms with van der Waals surface area (Å²) < 4.78 is 0. The molecule has 0 spiro atoms. The summed E-state index contributed by atoms with van der Waals surface area (Å²) in [5, 5.41) is 0. The number of benzene rings is 2. The van der Waals surface area contributed by atoms with Crippen molar-refractivity contribution in [3.63, 3.8) is 0 Å². The molecule has 0 saturated carbocycles. The Labute approximate surface area is 132 Å². The summed E-state index contributed by atoms with van der Waals surface area (Å²) in [6.07, 6.45) is 5.59. The topological polar surface area (TPSA) is 41.1 Å². The molecule has 3 heteroatoms. The molecule has 0 aliphatic rings. The fourth-order valence-corrected chi connectivity index (χ4v) is 2.13. The van der Waals surface area contributed by atoms with E-state index in [1.807, 2.05) is 61.5 Å². The smallest absolute Gasteiger partial charge is 0.185 e. The van der Waals surface area contributed by atoms with Crippen LogP contribution in [0.1, 0.15) is 35.7 Å². The number of carbonyl (C=O) groups excluding carboxylic acids is 1. The first-order valence-corrected chi connectivity index (χ1v) is 7.59. The average molecular weight is 294 g/mol. The quantitative estimate of drug-likeness (QED) is 0.430. The Morgan fingerprint density at radius 3 is 2.45 bits per heavy atom. The van der Waals surface area contributed by atoms with Crippen LogP contribution >= 0.6 is 0 Å². The molecule has 2 rings (SSSR count). The van der Waals surface area contributed by atoms with Crippen molar-refractivity contribution in [2.75, 3.05) is 10.9 Å². The number of hydrogen-bond acceptors (Lipinski definition) is 3. The van der Waals surface area contributed by atoms with E-state index in [1.165, 1.54) is 0 Å². The minimum Gasteiger partial charge on any atom is -0.301 e. The fourth-order valence-electron chi connectivity index (χ4n) is 2.13. The number of anilines is 2. The maximum Gasteiger partial charge on any atom is 0.185 e. The first-order chi connectivity index (χ1) is 10.7. The van der Waals surface area contributed by atoms with Gasteiger partial charge in [0.25, 0.3) is 0 Å². The Kier molecular flexibility index (Phi) is 5.78. The van der Waals surface area contributed by atoms with Crippen LogP contribution in [-0.2, 0) is 0 Å². The first-order valence-electron chi connectivity index (χ1n) is 7.59. The zero-order valence-electron chi connectivity index (χ0n) is 13.1. The minimum atomic E-state index is 0.0634. The molecule has 0 atom stereocenters. The summed E-state index contributed by atoms with van der Waals surface area (Å²) in [5.41, 5.74) is 9.90. The Hall–Kier alpha value is -2.55. The molecule has 0 aliphatic heterocycles. The predicted octanol–water partition coefficient (Wildman–Crippen LogP) is 4.97. The molecule has 0 bridgehead atoms. The number of ketones is 1. The van der Waals surface area contributed by atoms with Crippen LogP contribution in [-0.4, -0.2) is 5.78 Å². The molecular formula is C19H22N2O. The molecule has 0 fully saturated rings. The number of carbonyl (C=O) groups is 1. The van der Waals surface area contributed by atoms with E-state index in [0.29, 0.717) is 0 Å². The Bertz CT molecular complexity index is 648. The number of unbranched alkanes of at least 4 members (excludes halogenated alkanes) is 1. The Morgan fingerprint density at radius 2 is 1.77 bits per heavy atom. The van der Waals surface area contributed by atoms with Crippen LogP contribution in [0, 0.1) is 6.92 Å². The number of hydrazine groups is 1. The lowest BCUT2D eigenvalue weighted by molar-refractivity contribution is 0.104. The van der Waals surface area contributed by atoms with E-state index in [1.54, 1.807) is 6.08 Å². The number of allylic oxidation sites excluding steroid dienone is 2. The van der Waals surface area contributed by atoms with Gasteiger partial charge in [-0.2, -0.15) is 0 Å². The molecule has 0 aromatic heterocycles. The first kappa shape index (κ1) is 15.8. The van der Waals surface area contributed by atoms with Crippen molar-refractivity contribution in [2.45, 2.75) is 26.7 Å². The molecule has 0 amide bonds. The van der Waals surface area contributed by atoms with Crippen molar-refractivity contribution in [2.24, 2.45) is 0 Å². The van der Waals surface area contributed by atoms with Crippen LogP contribution in [0.3, 0.4) is 0 Å². The average Bonchev–Trinajstić information content (AvgIpc) is 2.54. The number of rotatable bonds is 7. The van der Waals surface area contributed by atoms with Crippen LogP contribution in [0.25, 0.3) is 0 Å². The third-order valence-electron chi connectivity index (χ3n) is 3.34. The molecule has 0 saturated heterocycles. The van der Waals surface area contributed by atoms with Gasteiger partial charge in [-0.05, 0) is 55.3 Å². The minimum absolute atomic E-state index is 0.0634. The second kappa shape index (κ2) is 8.03. The highest BCUT2D eigenvalue weighted by atomic mass is 16.1. The molecule has 114 valence electrons. The lowest BCUT2D eigenvalue weighted by Gasteiger charge is -2.11. The van der Waals surface area contributed by atoms with Gasteiger partial charge in [-0.15, -0.1) is 0 Å².